The third-order valence-electron chi connectivity index (χ3n) is 3.90. The SMILES string of the molecule is C=CCCCC/C=C/CCCCCCCC(=O)OC(CC)CO. The Kier molecular flexibility index (Phi) is 16.4. The van der Waals surface area contributed by atoms with Crippen LogP contribution in [0.1, 0.15) is 84.0 Å². The van der Waals surface area contributed by atoms with Gasteiger partial charge in [-0.3, -0.25) is 4.79 Å². The maximum absolute atomic E-state index is 11.5. The summed E-state index contributed by atoms with van der Waals surface area (Å²) in [6.07, 6.45) is 19.0. The van der Waals surface area contributed by atoms with Crippen LogP contribution < -0.4 is 0 Å². The van der Waals surface area contributed by atoms with Gasteiger partial charge in [0.2, 0.25) is 0 Å². The fourth-order valence-electron chi connectivity index (χ4n) is 2.34. The van der Waals surface area contributed by atoms with E-state index in [4.69, 9.17) is 9.84 Å². The predicted molar refractivity (Wildman–Crippen MR) is 97.4 cm³/mol. The van der Waals surface area contributed by atoms with Crippen molar-refractivity contribution in [2.75, 3.05) is 6.61 Å². The largest absolute Gasteiger partial charge is 0.460 e. The van der Waals surface area contributed by atoms with E-state index < -0.39 is 0 Å². The van der Waals surface area contributed by atoms with Crippen LogP contribution in [0.4, 0.5) is 0 Å². The minimum Gasteiger partial charge on any atom is -0.460 e. The molecule has 0 bridgehead atoms. The Balaban J connectivity index is 3.31. The van der Waals surface area contributed by atoms with Gasteiger partial charge in [0, 0.05) is 6.42 Å². The van der Waals surface area contributed by atoms with Crippen molar-refractivity contribution in [2.45, 2.75) is 90.1 Å². The molecule has 0 saturated carbocycles. The number of esters is 1. The van der Waals surface area contributed by atoms with Crippen LogP contribution in [-0.4, -0.2) is 23.8 Å². The number of allylic oxidation sites excluding steroid dienone is 3. The summed E-state index contributed by atoms with van der Waals surface area (Å²) >= 11 is 0. The summed E-state index contributed by atoms with van der Waals surface area (Å²) in [5, 5.41) is 8.97. The Morgan fingerprint density at radius 3 is 2.17 bits per heavy atom. The summed E-state index contributed by atoms with van der Waals surface area (Å²) in [4.78, 5) is 11.5. The number of carbonyl (C=O) groups excluding carboxylic acids is 1. The fourth-order valence-corrected chi connectivity index (χ4v) is 2.34. The van der Waals surface area contributed by atoms with Crippen LogP contribution in [0.15, 0.2) is 24.8 Å². The summed E-state index contributed by atoms with van der Waals surface area (Å²) in [5.41, 5.74) is 0. The standard InChI is InChI=1S/C20H36O3/c1-3-5-6-7-8-9-10-11-12-13-14-15-16-17-20(22)23-19(4-2)18-21/h3,9-10,19,21H,1,4-8,11-18H2,2H3/b10-9+. The maximum Gasteiger partial charge on any atom is 0.306 e. The van der Waals surface area contributed by atoms with Gasteiger partial charge in [-0.05, 0) is 51.4 Å². The van der Waals surface area contributed by atoms with Gasteiger partial charge in [-0.25, -0.2) is 0 Å². The van der Waals surface area contributed by atoms with Crippen LogP contribution in [-0.2, 0) is 9.53 Å². The zero-order chi connectivity index (χ0) is 17.2. The number of unbranched alkanes of at least 4 members (excludes halogenated alkanes) is 8. The van der Waals surface area contributed by atoms with Crippen molar-refractivity contribution >= 4 is 5.97 Å². The fraction of sp³-hybridized carbons (Fsp3) is 0.750. The van der Waals surface area contributed by atoms with Crippen molar-refractivity contribution in [1.82, 2.24) is 0 Å². The second kappa shape index (κ2) is 17.3. The number of aliphatic hydroxyl groups excluding tert-OH is 1. The van der Waals surface area contributed by atoms with Crippen molar-refractivity contribution in [3.05, 3.63) is 24.8 Å². The lowest BCUT2D eigenvalue weighted by molar-refractivity contribution is -0.151. The van der Waals surface area contributed by atoms with Gasteiger partial charge in [-0.1, -0.05) is 44.4 Å². The van der Waals surface area contributed by atoms with Gasteiger partial charge in [0.1, 0.15) is 6.10 Å². The number of ether oxygens (including phenoxy) is 1. The van der Waals surface area contributed by atoms with Crippen LogP contribution in [0, 0.1) is 0 Å². The van der Waals surface area contributed by atoms with Crippen LogP contribution in [0.2, 0.25) is 0 Å². The van der Waals surface area contributed by atoms with Crippen molar-refractivity contribution in [1.29, 1.82) is 0 Å². The molecule has 1 atom stereocenters. The lowest BCUT2D eigenvalue weighted by Gasteiger charge is -2.12. The molecule has 0 aromatic heterocycles. The minimum absolute atomic E-state index is 0.0794. The molecule has 23 heavy (non-hydrogen) atoms. The molecule has 0 heterocycles. The molecule has 1 unspecified atom stereocenters. The summed E-state index contributed by atoms with van der Waals surface area (Å²) in [7, 11) is 0. The quantitative estimate of drug-likeness (QED) is 0.237. The second-order valence-electron chi connectivity index (χ2n) is 6.05. The Labute approximate surface area is 142 Å². The zero-order valence-corrected chi connectivity index (χ0v) is 15.0. The molecule has 3 nitrogen and oxygen atoms in total. The molecule has 134 valence electrons. The average molecular weight is 325 g/mol. The number of hydrogen-bond acceptors (Lipinski definition) is 3. The molecule has 0 fully saturated rings. The topological polar surface area (TPSA) is 46.5 Å². The monoisotopic (exact) mass is 324 g/mol. The summed E-state index contributed by atoms with van der Waals surface area (Å²) in [6.45, 7) is 5.55. The van der Waals surface area contributed by atoms with Crippen molar-refractivity contribution in [3.8, 4) is 0 Å². The highest BCUT2D eigenvalue weighted by atomic mass is 16.5. The van der Waals surface area contributed by atoms with E-state index in [0.717, 1.165) is 25.7 Å². The smallest absolute Gasteiger partial charge is 0.306 e. The number of rotatable bonds is 16. The maximum atomic E-state index is 11.5. The molecule has 3 heteroatoms. The van der Waals surface area contributed by atoms with E-state index >= 15 is 0 Å². The summed E-state index contributed by atoms with van der Waals surface area (Å²) < 4.78 is 5.15. The molecule has 0 radical (unpaired) electrons. The van der Waals surface area contributed by atoms with E-state index in [-0.39, 0.29) is 18.7 Å². The molecule has 0 aromatic rings. The van der Waals surface area contributed by atoms with Gasteiger partial charge in [0.05, 0.1) is 6.61 Å². The third-order valence-corrected chi connectivity index (χ3v) is 3.90. The Hall–Kier alpha value is -1.09. The molecule has 0 aliphatic heterocycles. The second-order valence-corrected chi connectivity index (χ2v) is 6.05. The highest BCUT2D eigenvalue weighted by molar-refractivity contribution is 5.69. The summed E-state index contributed by atoms with van der Waals surface area (Å²) in [6, 6.07) is 0. The van der Waals surface area contributed by atoms with Gasteiger partial charge < -0.3 is 9.84 Å². The summed E-state index contributed by atoms with van der Waals surface area (Å²) in [5.74, 6) is -0.176. The van der Waals surface area contributed by atoms with Gasteiger partial charge in [-0.2, -0.15) is 0 Å². The molecule has 0 aromatic carbocycles. The third kappa shape index (κ3) is 15.6. The van der Waals surface area contributed by atoms with Gasteiger partial charge in [-0.15, -0.1) is 6.58 Å². The Morgan fingerprint density at radius 2 is 1.57 bits per heavy atom. The molecule has 1 N–H and O–H groups in total. The number of hydrogen-bond donors (Lipinski definition) is 1. The highest BCUT2D eigenvalue weighted by Gasteiger charge is 2.10. The molecule has 0 aliphatic carbocycles. The first-order chi connectivity index (χ1) is 11.2. The normalized spacial score (nSPS) is 12.4. The minimum atomic E-state index is -0.328. The number of aliphatic hydroxyl groups is 1. The highest BCUT2D eigenvalue weighted by Crippen LogP contribution is 2.10. The van der Waals surface area contributed by atoms with E-state index in [9.17, 15) is 4.79 Å². The molecular weight excluding hydrogens is 288 g/mol. The Bertz CT molecular complexity index is 306. The zero-order valence-electron chi connectivity index (χ0n) is 15.0. The Morgan fingerprint density at radius 1 is 1.00 bits per heavy atom. The van der Waals surface area contributed by atoms with E-state index in [2.05, 4.69) is 18.7 Å². The van der Waals surface area contributed by atoms with Gasteiger partial charge in [0.15, 0.2) is 0 Å². The van der Waals surface area contributed by atoms with Gasteiger partial charge in [0.25, 0.3) is 0 Å². The van der Waals surface area contributed by atoms with Crippen molar-refractivity contribution < 1.29 is 14.6 Å². The first-order valence-electron chi connectivity index (χ1n) is 9.30. The first-order valence-corrected chi connectivity index (χ1v) is 9.30. The van der Waals surface area contributed by atoms with Crippen molar-refractivity contribution in [3.63, 3.8) is 0 Å². The predicted octanol–water partition coefficient (Wildman–Crippen LogP) is 5.33. The van der Waals surface area contributed by atoms with E-state index in [0.29, 0.717) is 12.8 Å². The van der Waals surface area contributed by atoms with Gasteiger partial charge >= 0.3 is 5.97 Å². The van der Waals surface area contributed by atoms with Crippen LogP contribution in [0.3, 0.4) is 0 Å². The van der Waals surface area contributed by atoms with Crippen LogP contribution >= 0.6 is 0 Å². The molecule has 0 amide bonds. The lowest BCUT2D eigenvalue weighted by Crippen LogP contribution is -2.20. The molecule has 0 saturated heterocycles. The average Bonchev–Trinajstić information content (AvgIpc) is 2.56. The number of carbonyl (C=O) groups is 1. The van der Waals surface area contributed by atoms with E-state index in [1.54, 1.807) is 0 Å². The first kappa shape index (κ1) is 21.9. The van der Waals surface area contributed by atoms with E-state index in [1.165, 1.54) is 38.5 Å². The molecular formula is C20H36O3. The molecule has 0 spiro atoms. The lowest BCUT2D eigenvalue weighted by atomic mass is 10.1. The van der Waals surface area contributed by atoms with Crippen molar-refractivity contribution in [2.24, 2.45) is 0 Å². The molecule has 0 aliphatic rings. The van der Waals surface area contributed by atoms with Crippen LogP contribution in [0.5, 0.6) is 0 Å². The van der Waals surface area contributed by atoms with Crippen LogP contribution in [0.25, 0.3) is 0 Å². The van der Waals surface area contributed by atoms with E-state index in [1.807, 2.05) is 13.0 Å². The molecule has 0 rings (SSSR count).